The minimum atomic E-state index is -1.79. The number of benzene rings is 1. The third-order valence-electron chi connectivity index (χ3n) is 3.02. The second-order valence-electron chi connectivity index (χ2n) is 4.46. The van der Waals surface area contributed by atoms with Gasteiger partial charge in [0.25, 0.3) is 0 Å². The van der Waals surface area contributed by atoms with E-state index < -0.39 is 18.5 Å². The van der Waals surface area contributed by atoms with Gasteiger partial charge in [-0.25, -0.2) is 9.97 Å². The molecule has 4 N–H and O–H groups in total. The van der Waals surface area contributed by atoms with Crippen LogP contribution in [0.15, 0.2) is 42.7 Å². The quantitative estimate of drug-likeness (QED) is 0.569. The lowest BCUT2D eigenvalue weighted by Gasteiger charge is -2.20. The largest absolute Gasteiger partial charge is 0.368 e. The molecule has 0 aliphatic heterocycles. The maximum atomic E-state index is 9.09. The van der Waals surface area contributed by atoms with Gasteiger partial charge in [0.15, 0.2) is 18.4 Å². The fourth-order valence-electron chi connectivity index (χ4n) is 1.88. The Morgan fingerprint density at radius 1 is 0.850 bits per heavy atom. The molecule has 0 spiro atoms. The first-order chi connectivity index (χ1) is 9.58. The fourth-order valence-corrected chi connectivity index (χ4v) is 1.88. The summed E-state index contributed by atoms with van der Waals surface area (Å²) in [4.78, 5) is 8.25. The molecule has 1 aromatic heterocycles. The van der Waals surface area contributed by atoms with E-state index in [2.05, 4.69) is 9.97 Å². The van der Waals surface area contributed by atoms with Crippen LogP contribution in [0, 0.1) is 5.92 Å². The van der Waals surface area contributed by atoms with Gasteiger partial charge in [-0.15, -0.1) is 0 Å². The number of aliphatic hydroxyl groups is 4. The first kappa shape index (κ1) is 14.5. The van der Waals surface area contributed by atoms with E-state index in [0.717, 1.165) is 11.1 Å². The molecule has 0 unspecified atom stereocenters. The lowest BCUT2D eigenvalue weighted by Crippen LogP contribution is -2.33. The number of aliphatic hydroxyl groups excluding tert-OH is 2. The van der Waals surface area contributed by atoms with E-state index in [0.29, 0.717) is 5.82 Å². The Balaban J connectivity index is 2.12. The average molecular weight is 276 g/mol. The summed E-state index contributed by atoms with van der Waals surface area (Å²) in [5, 5.41) is 36.4. The van der Waals surface area contributed by atoms with Crippen molar-refractivity contribution < 1.29 is 20.4 Å². The van der Waals surface area contributed by atoms with Gasteiger partial charge >= 0.3 is 0 Å². The van der Waals surface area contributed by atoms with Crippen LogP contribution in [-0.4, -0.2) is 43.0 Å². The minimum absolute atomic E-state index is 0.144. The lowest BCUT2D eigenvalue weighted by atomic mass is 9.97. The van der Waals surface area contributed by atoms with Crippen molar-refractivity contribution in [3.05, 3.63) is 48.3 Å². The van der Waals surface area contributed by atoms with Crippen LogP contribution in [0.4, 0.5) is 0 Å². The molecular weight excluding hydrogens is 260 g/mol. The van der Waals surface area contributed by atoms with Gasteiger partial charge in [0, 0.05) is 18.0 Å². The first-order valence-electron chi connectivity index (χ1n) is 6.16. The van der Waals surface area contributed by atoms with E-state index in [-0.39, 0.29) is 6.42 Å². The third kappa shape index (κ3) is 3.58. The number of aromatic nitrogens is 2. The smallest absolute Gasteiger partial charge is 0.159 e. The van der Waals surface area contributed by atoms with Crippen molar-refractivity contribution >= 4 is 0 Å². The SMILES string of the molecule is OC(O)C(Cc1ccc(-c2ncccn2)cc1)C(O)O. The highest BCUT2D eigenvalue weighted by Crippen LogP contribution is 2.19. The zero-order chi connectivity index (χ0) is 14.5. The van der Waals surface area contributed by atoms with Gasteiger partial charge in [0.2, 0.25) is 0 Å². The zero-order valence-corrected chi connectivity index (χ0v) is 10.7. The van der Waals surface area contributed by atoms with Crippen LogP contribution < -0.4 is 0 Å². The van der Waals surface area contributed by atoms with Gasteiger partial charge in [-0.3, -0.25) is 0 Å². The van der Waals surface area contributed by atoms with Gasteiger partial charge in [-0.1, -0.05) is 24.3 Å². The van der Waals surface area contributed by atoms with Crippen molar-refractivity contribution in [3.8, 4) is 11.4 Å². The highest BCUT2D eigenvalue weighted by molar-refractivity contribution is 5.54. The molecule has 2 aromatic rings. The molecule has 6 nitrogen and oxygen atoms in total. The third-order valence-corrected chi connectivity index (χ3v) is 3.02. The molecule has 2 rings (SSSR count). The molecule has 0 bridgehead atoms. The van der Waals surface area contributed by atoms with Crippen LogP contribution in [0.3, 0.4) is 0 Å². The number of rotatable bonds is 5. The Morgan fingerprint density at radius 2 is 1.40 bits per heavy atom. The van der Waals surface area contributed by atoms with Crippen LogP contribution in [-0.2, 0) is 6.42 Å². The zero-order valence-electron chi connectivity index (χ0n) is 10.7. The van der Waals surface area contributed by atoms with Crippen molar-refractivity contribution in [3.63, 3.8) is 0 Å². The molecule has 0 fully saturated rings. The summed E-state index contributed by atoms with van der Waals surface area (Å²) in [5.41, 5.74) is 1.59. The molecule has 0 aliphatic carbocycles. The predicted molar refractivity (Wildman–Crippen MR) is 71.1 cm³/mol. The van der Waals surface area contributed by atoms with Crippen molar-refractivity contribution in [2.24, 2.45) is 5.92 Å². The van der Waals surface area contributed by atoms with Crippen molar-refractivity contribution in [1.29, 1.82) is 0 Å². The second-order valence-corrected chi connectivity index (χ2v) is 4.46. The van der Waals surface area contributed by atoms with Crippen LogP contribution >= 0.6 is 0 Å². The molecule has 0 radical (unpaired) electrons. The minimum Gasteiger partial charge on any atom is -0.368 e. The molecule has 0 saturated carbocycles. The predicted octanol–water partition coefficient (Wildman–Crippen LogP) is -0.0763. The highest BCUT2D eigenvalue weighted by atomic mass is 16.5. The second kappa shape index (κ2) is 6.53. The molecule has 1 aromatic carbocycles. The molecule has 0 saturated heterocycles. The molecule has 6 heteroatoms. The average Bonchev–Trinajstić information content (AvgIpc) is 2.45. The molecule has 1 heterocycles. The number of hydrogen-bond donors (Lipinski definition) is 4. The Hall–Kier alpha value is -1.86. The number of hydrogen-bond acceptors (Lipinski definition) is 6. The molecule has 0 amide bonds. The van der Waals surface area contributed by atoms with E-state index in [1.54, 1.807) is 42.7 Å². The Labute approximate surface area is 116 Å². The molecule has 0 aliphatic rings. The van der Waals surface area contributed by atoms with E-state index in [1.807, 2.05) is 0 Å². The summed E-state index contributed by atoms with van der Waals surface area (Å²) in [6, 6.07) is 8.87. The summed E-state index contributed by atoms with van der Waals surface area (Å²) < 4.78 is 0. The number of nitrogens with zero attached hydrogens (tertiary/aromatic N) is 2. The first-order valence-corrected chi connectivity index (χ1v) is 6.16. The van der Waals surface area contributed by atoms with Gasteiger partial charge in [-0.2, -0.15) is 0 Å². The van der Waals surface area contributed by atoms with Crippen LogP contribution in [0.2, 0.25) is 0 Å². The Kier molecular flexibility index (Phi) is 4.75. The molecule has 0 atom stereocenters. The monoisotopic (exact) mass is 276 g/mol. The topological polar surface area (TPSA) is 107 Å². The van der Waals surface area contributed by atoms with Crippen LogP contribution in [0.1, 0.15) is 5.56 Å². The van der Waals surface area contributed by atoms with Gasteiger partial charge < -0.3 is 20.4 Å². The van der Waals surface area contributed by atoms with Crippen LogP contribution in [0.5, 0.6) is 0 Å². The summed E-state index contributed by atoms with van der Waals surface area (Å²) in [6.07, 6.45) is -0.127. The summed E-state index contributed by atoms with van der Waals surface area (Å²) >= 11 is 0. The summed E-state index contributed by atoms with van der Waals surface area (Å²) in [7, 11) is 0. The molecular formula is C14H16N2O4. The maximum absolute atomic E-state index is 9.09. The Morgan fingerprint density at radius 3 is 1.90 bits per heavy atom. The van der Waals surface area contributed by atoms with Gasteiger partial charge in [0.1, 0.15) is 0 Å². The Bertz CT molecular complexity index is 521. The van der Waals surface area contributed by atoms with E-state index in [4.69, 9.17) is 20.4 Å². The van der Waals surface area contributed by atoms with Gasteiger partial charge in [-0.05, 0) is 18.1 Å². The van der Waals surface area contributed by atoms with Gasteiger partial charge in [0.05, 0.1) is 5.92 Å². The van der Waals surface area contributed by atoms with E-state index in [1.165, 1.54) is 0 Å². The van der Waals surface area contributed by atoms with Crippen molar-refractivity contribution in [2.45, 2.75) is 19.0 Å². The lowest BCUT2D eigenvalue weighted by molar-refractivity contribution is -0.177. The normalized spacial score (nSPS) is 11.6. The maximum Gasteiger partial charge on any atom is 0.159 e. The summed E-state index contributed by atoms with van der Waals surface area (Å²) in [5.74, 6) is -0.450. The highest BCUT2D eigenvalue weighted by Gasteiger charge is 2.24. The van der Waals surface area contributed by atoms with Crippen LogP contribution in [0.25, 0.3) is 11.4 Å². The summed E-state index contributed by atoms with van der Waals surface area (Å²) in [6.45, 7) is 0. The van der Waals surface area contributed by atoms with Crippen molar-refractivity contribution in [2.75, 3.05) is 0 Å². The molecule has 106 valence electrons. The van der Waals surface area contributed by atoms with Crippen molar-refractivity contribution in [1.82, 2.24) is 9.97 Å². The molecule has 20 heavy (non-hydrogen) atoms. The van der Waals surface area contributed by atoms with E-state index in [9.17, 15) is 0 Å². The standard InChI is InChI=1S/C14H16N2O4/c17-13(18)11(14(19)20)8-9-2-4-10(5-3-9)12-15-6-1-7-16-12/h1-7,11,13-14,17-20H,8H2. The fraction of sp³-hybridized carbons (Fsp3) is 0.286. The van der Waals surface area contributed by atoms with E-state index >= 15 is 0 Å².